The number of halogens is 2. The Labute approximate surface area is 144 Å². The van der Waals surface area contributed by atoms with Gasteiger partial charge in [-0.1, -0.05) is 20.8 Å². The third-order valence-corrected chi connectivity index (χ3v) is 3.88. The van der Waals surface area contributed by atoms with Gasteiger partial charge in [0.05, 0.1) is 0 Å². The van der Waals surface area contributed by atoms with Crippen molar-refractivity contribution in [3.8, 4) is 11.3 Å². The zero-order valence-electron chi connectivity index (χ0n) is 14.5. The Balaban J connectivity index is 2.25. The predicted octanol–water partition coefficient (Wildman–Crippen LogP) is 4.57. The van der Waals surface area contributed by atoms with Crippen molar-refractivity contribution in [2.24, 2.45) is 5.41 Å². The molecule has 0 fully saturated rings. The van der Waals surface area contributed by atoms with E-state index in [4.69, 9.17) is 0 Å². The molecule has 0 radical (unpaired) electrons. The van der Waals surface area contributed by atoms with Crippen molar-refractivity contribution in [1.29, 1.82) is 0 Å². The Hall–Kier alpha value is -2.76. The van der Waals surface area contributed by atoms with E-state index in [0.29, 0.717) is 11.5 Å². The van der Waals surface area contributed by atoms with E-state index in [1.807, 2.05) is 19.1 Å². The highest BCUT2D eigenvalue weighted by atomic mass is 19.1. The molecule has 1 amide bonds. The van der Waals surface area contributed by atoms with Crippen LogP contribution in [0.4, 0.5) is 14.6 Å². The first kappa shape index (κ1) is 17.1. The topological polar surface area (TPSA) is 46.4 Å². The Bertz CT molecular complexity index is 971. The second-order valence-electron chi connectivity index (χ2n) is 7.07. The number of amides is 1. The van der Waals surface area contributed by atoms with Crippen LogP contribution in [0.3, 0.4) is 0 Å². The molecule has 0 saturated carbocycles. The third-order valence-electron chi connectivity index (χ3n) is 3.88. The highest BCUT2D eigenvalue weighted by Gasteiger charge is 2.25. The van der Waals surface area contributed by atoms with Gasteiger partial charge in [-0.05, 0) is 42.8 Å². The molecule has 2 heterocycles. The summed E-state index contributed by atoms with van der Waals surface area (Å²) in [5, 5.41) is 2.81. The van der Waals surface area contributed by atoms with Gasteiger partial charge < -0.3 is 5.32 Å². The molecular formula is C19H19F2N3O. The smallest absolute Gasteiger partial charge is 0.230 e. The summed E-state index contributed by atoms with van der Waals surface area (Å²) in [5.74, 6) is -1.10. The fourth-order valence-electron chi connectivity index (χ4n) is 2.43. The first-order valence-corrected chi connectivity index (χ1v) is 7.92. The molecule has 0 atom stereocenters. The number of pyridine rings is 1. The van der Waals surface area contributed by atoms with Crippen LogP contribution in [-0.4, -0.2) is 15.3 Å². The summed E-state index contributed by atoms with van der Waals surface area (Å²) in [6, 6.07) is 6.85. The van der Waals surface area contributed by atoms with Gasteiger partial charge in [-0.2, -0.15) is 0 Å². The van der Waals surface area contributed by atoms with Crippen LogP contribution < -0.4 is 5.32 Å². The molecule has 130 valence electrons. The van der Waals surface area contributed by atoms with Crippen molar-refractivity contribution in [2.45, 2.75) is 27.7 Å². The molecule has 0 aliphatic rings. The van der Waals surface area contributed by atoms with Crippen molar-refractivity contribution in [1.82, 2.24) is 9.38 Å². The fraction of sp³-hybridized carbons (Fsp3) is 0.263. The van der Waals surface area contributed by atoms with Gasteiger partial charge >= 0.3 is 0 Å². The molecule has 3 aromatic rings. The summed E-state index contributed by atoms with van der Waals surface area (Å²) in [6.07, 6.45) is 1.75. The molecule has 0 aliphatic heterocycles. The van der Waals surface area contributed by atoms with E-state index in [1.165, 1.54) is 0 Å². The number of carbonyl (C=O) groups is 1. The number of aromatic nitrogens is 2. The molecular weight excluding hydrogens is 324 g/mol. The van der Waals surface area contributed by atoms with E-state index in [2.05, 4.69) is 10.3 Å². The Morgan fingerprint density at radius 2 is 1.88 bits per heavy atom. The number of rotatable bonds is 2. The van der Waals surface area contributed by atoms with E-state index in [1.54, 1.807) is 31.4 Å². The Morgan fingerprint density at radius 1 is 1.16 bits per heavy atom. The average molecular weight is 343 g/mol. The monoisotopic (exact) mass is 343 g/mol. The minimum absolute atomic E-state index is 0.00515. The van der Waals surface area contributed by atoms with Crippen LogP contribution in [0.25, 0.3) is 16.9 Å². The van der Waals surface area contributed by atoms with Crippen molar-refractivity contribution in [3.63, 3.8) is 0 Å². The summed E-state index contributed by atoms with van der Waals surface area (Å²) in [5.41, 5.74) is 1.07. The van der Waals surface area contributed by atoms with Gasteiger partial charge in [0, 0.05) is 17.2 Å². The van der Waals surface area contributed by atoms with Gasteiger partial charge in [-0.15, -0.1) is 0 Å². The van der Waals surface area contributed by atoms with Crippen LogP contribution >= 0.6 is 0 Å². The Kier molecular flexibility index (Phi) is 4.06. The number of fused-ring (bicyclic) bond motifs is 1. The summed E-state index contributed by atoms with van der Waals surface area (Å²) in [4.78, 5) is 16.9. The number of nitrogens with one attached hydrogen (secondary N) is 1. The predicted molar refractivity (Wildman–Crippen MR) is 93.4 cm³/mol. The fourth-order valence-corrected chi connectivity index (χ4v) is 2.43. The lowest BCUT2D eigenvalue weighted by molar-refractivity contribution is -0.123. The summed E-state index contributed by atoms with van der Waals surface area (Å²) < 4.78 is 29.6. The van der Waals surface area contributed by atoms with Gasteiger partial charge in [0.2, 0.25) is 5.91 Å². The van der Waals surface area contributed by atoms with E-state index < -0.39 is 17.0 Å². The van der Waals surface area contributed by atoms with Crippen molar-refractivity contribution in [3.05, 3.63) is 53.7 Å². The Morgan fingerprint density at radius 3 is 2.56 bits per heavy atom. The molecule has 0 aliphatic carbocycles. The number of carbonyl (C=O) groups excluding carboxylic acids is 1. The third kappa shape index (κ3) is 3.24. The number of imidazole rings is 1. The maximum Gasteiger partial charge on any atom is 0.230 e. The number of anilines is 1. The van der Waals surface area contributed by atoms with Gasteiger partial charge in [0.1, 0.15) is 28.8 Å². The average Bonchev–Trinajstić information content (AvgIpc) is 2.86. The minimum atomic E-state index is -0.646. The van der Waals surface area contributed by atoms with Crippen LogP contribution in [0.2, 0.25) is 0 Å². The standard InChI is InChI=1S/C19H19F2N3O/c1-11-7-8-24-15(9-11)22-16(13-10-12(20)5-6-14(13)21)17(24)23-18(25)19(2,3)4/h5-10H,1-4H3,(H,23,25). The normalized spacial score (nSPS) is 11.8. The van der Waals surface area contributed by atoms with Gasteiger partial charge in [0.15, 0.2) is 0 Å². The molecule has 0 spiro atoms. The molecule has 0 unspecified atom stereocenters. The van der Waals surface area contributed by atoms with Crippen LogP contribution in [0.1, 0.15) is 26.3 Å². The highest BCUT2D eigenvalue weighted by molar-refractivity contribution is 5.97. The molecule has 6 heteroatoms. The number of hydrogen-bond donors (Lipinski definition) is 1. The number of aryl methyl sites for hydroxylation is 1. The van der Waals surface area contributed by atoms with E-state index in [0.717, 1.165) is 23.8 Å². The van der Waals surface area contributed by atoms with Gasteiger partial charge in [-0.3, -0.25) is 9.20 Å². The number of nitrogens with zero attached hydrogens (tertiary/aromatic N) is 2. The lowest BCUT2D eigenvalue weighted by Crippen LogP contribution is -2.28. The van der Waals surface area contributed by atoms with E-state index >= 15 is 0 Å². The first-order valence-electron chi connectivity index (χ1n) is 7.92. The summed E-state index contributed by atoms with van der Waals surface area (Å²) in [6.45, 7) is 7.24. The molecule has 1 aromatic carbocycles. The summed E-state index contributed by atoms with van der Waals surface area (Å²) in [7, 11) is 0. The zero-order chi connectivity index (χ0) is 18.4. The van der Waals surface area contributed by atoms with E-state index in [9.17, 15) is 13.6 Å². The van der Waals surface area contributed by atoms with Crippen LogP contribution in [0.5, 0.6) is 0 Å². The van der Waals surface area contributed by atoms with Crippen LogP contribution in [0, 0.1) is 24.0 Å². The maximum absolute atomic E-state index is 14.3. The SMILES string of the molecule is Cc1ccn2c(NC(=O)C(C)(C)C)c(-c3cc(F)ccc3F)nc2c1. The lowest BCUT2D eigenvalue weighted by atomic mass is 9.95. The summed E-state index contributed by atoms with van der Waals surface area (Å²) >= 11 is 0. The van der Waals surface area contributed by atoms with E-state index in [-0.39, 0.29) is 17.2 Å². The molecule has 2 aromatic heterocycles. The van der Waals surface area contributed by atoms with Crippen molar-refractivity contribution in [2.75, 3.05) is 5.32 Å². The van der Waals surface area contributed by atoms with Gasteiger partial charge in [0.25, 0.3) is 0 Å². The zero-order valence-corrected chi connectivity index (χ0v) is 14.5. The van der Waals surface area contributed by atoms with Gasteiger partial charge in [-0.25, -0.2) is 13.8 Å². The van der Waals surface area contributed by atoms with Crippen molar-refractivity contribution >= 4 is 17.4 Å². The molecule has 25 heavy (non-hydrogen) atoms. The molecule has 3 rings (SSSR count). The second-order valence-corrected chi connectivity index (χ2v) is 7.07. The van der Waals surface area contributed by atoms with Crippen LogP contribution in [-0.2, 0) is 4.79 Å². The lowest BCUT2D eigenvalue weighted by Gasteiger charge is -2.18. The first-order chi connectivity index (χ1) is 11.7. The highest BCUT2D eigenvalue weighted by Crippen LogP contribution is 2.32. The largest absolute Gasteiger partial charge is 0.309 e. The second kappa shape index (κ2) is 5.95. The quantitative estimate of drug-likeness (QED) is 0.741. The molecule has 0 saturated heterocycles. The molecule has 1 N–H and O–H groups in total. The van der Waals surface area contributed by atoms with Crippen molar-refractivity contribution < 1.29 is 13.6 Å². The number of benzene rings is 1. The molecule has 4 nitrogen and oxygen atoms in total. The number of hydrogen-bond acceptors (Lipinski definition) is 2. The minimum Gasteiger partial charge on any atom is -0.309 e. The maximum atomic E-state index is 14.3. The molecule has 0 bridgehead atoms. The van der Waals surface area contributed by atoms with Crippen LogP contribution in [0.15, 0.2) is 36.5 Å².